The summed E-state index contributed by atoms with van der Waals surface area (Å²) in [7, 11) is 1.62. The van der Waals surface area contributed by atoms with E-state index in [1.165, 1.54) is 5.56 Å². The van der Waals surface area contributed by atoms with E-state index in [4.69, 9.17) is 16.3 Å². The number of pyridine rings is 1. The minimum absolute atomic E-state index is 0.629. The van der Waals surface area contributed by atoms with Crippen LogP contribution >= 0.6 is 11.6 Å². The monoisotopic (exact) mass is 370 g/mol. The van der Waals surface area contributed by atoms with E-state index < -0.39 is 0 Å². The molecule has 0 spiro atoms. The summed E-state index contributed by atoms with van der Waals surface area (Å²) in [6.45, 7) is 6.32. The van der Waals surface area contributed by atoms with E-state index >= 15 is 0 Å². The van der Waals surface area contributed by atoms with Crippen molar-refractivity contribution in [2.45, 2.75) is 33.5 Å². The number of rotatable bonds is 7. The molecule has 136 valence electrons. The molecule has 0 amide bonds. The van der Waals surface area contributed by atoms with Crippen molar-refractivity contribution >= 4 is 11.6 Å². The number of aryl methyl sites for hydroxylation is 1. The third kappa shape index (κ3) is 4.23. The number of nitrogens with zero attached hydrogens (tertiary/aromatic N) is 3. The van der Waals surface area contributed by atoms with Crippen LogP contribution in [0.3, 0.4) is 0 Å². The van der Waals surface area contributed by atoms with Gasteiger partial charge in [0.1, 0.15) is 0 Å². The van der Waals surface area contributed by atoms with E-state index in [-0.39, 0.29) is 0 Å². The van der Waals surface area contributed by atoms with Gasteiger partial charge in [-0.25, -0.2) is 4.98 Å². The zero-order valence-corrected chi connectivity index (χ0v) is 16.0. The van der Waals surface area contributed by atoms with Crippen LogP contribution in [0.15, 0.2) is 42.6 Å². The van der Waals surface area contributed by atoms with E-state index in [9.17, 15) is 0 Å². The third-order valence-corrected chi connectivity index (χ3v) is 4.82. The lowest BCUT2D eigenvalue weighted by Crippen LogP contribution is -2.14. The van der Waals surface area contributed by atoms with Crippen molar-refractivity contribution in [2.24, 2.45) is 0 Å². The molecule has 5 nitrogen and oxygen atoms in total. The van der Waals surface area contributed by atoms with Gasteiger partial charge in [-0.3, -0.25) is 4.68 Å². The van der Waals surface area contributed by atoms with Crippen LogP contribution in [0, 0.1) is 13.8 Å². The maximum absolute atomic E-state index is 6.28. The largest absolute Gasteiger partial charge is 0.481 e. The summed E-state index contributed by atoms with van der Waals surface area (Å²) in [6.07, 6.45) is 1.76. The molecule has 1 N–H and O–H groups in total. The fourth-order valence-corrected chi connectivity index (χ4v) is 3.13. The molecule has 1 aromatic carbocycles. The topological polar surface area (TPSA) is 52.0 Å². The summed E-state index contributed by atoms with van der Waals surface area (Å²) >= 11 is 6.28. The van der Waals surface area contributed by atoms with Gasteiger partial charge in [0.15, 0.2) is 0 Å². The van der Waals surface area contributed by atoms with Gasteiger partial charge in [-0.2, -0.15) is 5.10 Å². The maximum Gasteiger partial charge on any atom is 0.213 e. The molecule has 0 unspecified atom stereocenters. The first-order valence-corrected chi connectivity index (χ1v) is 8.92. The number of benzene rings is 1. The van der Waals surface area contributed by atoms with Gasteiger partial charge in [-0.15, -0.1) is 0 Å². The zero-order valence-electron chi connectivity index (χ0n) is 15.3. The van der Waals surface area contributed by atoms with Gasteiger partial charge in [0.25, 0.3) is 0 Å². The van der Waals surface area contributed by atoms with Gasteiger partial charge in [0.05, 0.1) is 19.3 Å². The van der Waals surface area contributed by atoms with Crippen LogP contribution in [0.4, 0.5) is 0 Å². The minimum Gasteiger partial charge on any atom is -0.481 e. The number of hydrogen-bond acceptors (Lipinski definition) is 4. The summed E-state index contributed by atoms with van der Waals surface area (Å²) in [5.74, 6) is 0.629. The van der Waals surface area contributed by atoms with E-state index in [2.05, 4.69) is 22.3 Å². The van der Waals surface area contributed by atoms with E-state index in [0.29, 0.717) is 12.4 Å². The molecule has 0 radical (unpaired) electrons. The highest BCUT2D eigenvalue weighted by Crippen LogP contribution is 2.19. The smallest absolute Gasteiger partial charge is 0.213 e. The first-order chi connectivity index (χ1) is 12.6. The second kappa shape index (κ2) is 8.34. The van der Waals surface area contributed by atoms with Gasteiger partial charge in [-0.1, -0.05) is 29.8 Å². The molecule has 0 atom stereocenters. The Hall–Kier alpha value is -2.37. The Morgan fingerprint density at radius 1 is 1.15 bits per heavy atom. The Kier molecular flexibility index (Phi) is 5.91. The third-order valence-electron chi connectivity index (χ3n) is 4.45. The molecule has 3 aromatic rings. The second-order valence-corrected chi connectivity index (χ2v) is 6.62. The van der Waals surface area contributed by atoms with Crippen molar-refractivity contribution in [3.05, 3.63) is 75.7 Å². The fourth-order valence-electron chi connectivity index (χ4n) is 2.94. The molecule has 0 saturated carbocycles. The highest BCUT2D eigenvalue weighted by atomic mass is 35.5. The Morgan fingerprint density at radius 2 is 1.96 bits per heavy atom. The Morgan fingerprint density at radius 3 is 2.73 bits per heavy atom. The molecule has 0 aliphatic rings. The fraction of sp³-hybridized carbons (Fsp3) is 0.300. The number of methoxy groups -OCH3 is 1. The number of aromatic nitrogens is 3. The Bertz CT molecular complexity index is 891. The molecular weight excluding hydrogens is 348 g/mol. The summed E-state index contributed by atoms with van der Waals surface area (Å²) in [4.78, 5) is 4.13. The SMILES string of the molecule is COc1cc(CNCc2c(C)nn(Cc3ccccc3Cl)c2C)ccn1. The molecule has 6 heteroatoms. The van der Waals surface area contributed by atoms with Crippen LogP contribution in [0.25, 0.3) is 0 Å². The van der Waals surface area contributed by atoms with Crippen LogP contribution in [-0.2, 0) is 19.6 Å². The number of hydrogen-bond donors (Lipinski definition) is 1. The van der Waals surface area contributed by atoms with Gasteiger partial charge < -0.3 is 10.1 Å². The number of nitrogens with one attached hydrogen (secondary N) is 1. The standard InChI is InChI=1S/C20H23ClN4O/c1-14-18(12-22-11-16-8-9-23-20(10-16)26-3)15(2)25(24-14)13-17-6-4-5-7-19(17)21/h4-10,22H,11-13H2,1-3H3. The van der Waals surface area contributed by atoms with Gasteiger partial charge >= 0.3 is 0 Å². The molecule has 2 heterocycles. The van der Waals surface area contributed by atoms with Crippen molar-refractivity contribution in [2.75, 3.05) is 7.11 Å². The van der Waals surface area contributed by atoms with E-state index in [1.54, 1.807) is 13.3 Å². The lowest BCUT2D eigenvalue weighted by molar-refractivity contribution is 0.397. The lowest BCUT2D eigenvalue weighted by atomic mass is 10.2. The Balaban J connectivity index is 1.67. The van der Waals surface area contributed by atoms with Crippen LogP contribution in [-0.4, -0.2) is 21.9 Å². The maximum atomic E-state index is 6.28. The molecule has 26 heavy (non-hydrogen) atoms. The molecular formula is C20H23ClN4O. The molecule has 0 fully saturated rings. The molecule has 2 aromatic heterocycles. The van der Waals surface area contributed by atoms with E-state index in [0.717, 1.165) is 40.6 Å². The number of halogens is 1. The quantitative estimate of drug-likeness (QED) is 0.685. The first kappa shape index (κ1) is 18.4. The average Bonchev–Trinajstić information content (AvgIpc) is 2.91. The van der Waals surface area contributed by atoms with Crippen molar-refractivity contribution in [3.63, 3.8) is 0 Å². The average molecular weight is 371 g/mol. The van der Waals surface area contributed by atoms with Crippen molar-refractivity contribution in [1.29, 1.82) is 0 Å². The first-order valence-electron chi connectivity index (χ1n) is 8.54. The Labute approximate surface area is 159 Å². The molecule has 0 aliphatic heterocycles. The van der Waals surface area contributed by atoms with Gasteiger partial charge in [0, 0.05) is 41.6 Å². The van der Waals surface area contributed by atoms with Crippen LogP contribution in [0.1, 0.15) is 28.1 Å². The summed E-state index contributed by atoms with van der Waals surface area (Å²) in [5.41, 5.74) is 5.62. The molecule has 0 saturated heterocycles. The zero-order chi connectivity index (χ0) is 18.5. The van der Waals surface area contributed by atoms with Crippen LogP contribution in [0.5, 0.6) is 5.88 Å². The highest BCUT2D eigenvalue weighted by molar-refractivity contribution is 6.31. The van der Waals surface area contributed by atoms with Gasteiger partial charge in [-0.05, 0) is 37.1 Å². The minimum atomic E-state index is 0.629. The van der Waals surface area contributed by atoms with Crippen molar-refractivity contribution in [3.8, 4) is 5.88 Å². The number of ether oxygens (including phenoxy) is 1. The molecule has 3 rings (SSSR count). The van der Waals surface area contributed by atoms with Crippen LogP contribution in [0.2, 0.25) is 5.02 Å². The normalized spacial score (nSPS) is 10.9. The highest BCUT2D eigenvalue weighted by Gasteiger charge is 2.12. The van der Waals surface area contributed by atoms with Crippen molar-refractivity contribution < 1.29 is 4.74 Å². The summed E-state index contributed by atoms with van der Waals surface area (Å²) in [6, 6.07) is 11.8. The summed E-state index contributed by atoms with van der Waals surface area (Å²) in [5, 5.41) is 8.93. The predicted molar refractivity (Wildman–Crippen MR) is 104 cm³/mol. The second-order valence-electron chi connectivity index (χ2n) is 6.21. The summed E-state index contributed by atoms with van der Waals surface area (Å²) < 4.78 is 7.18. The van der Waals surface area contributed by atoms with Crippen molar-refractivity contribution in [1.82, 2.24) is 20.1 Å². The molecule has 0 aliphatic carbocycles. The lowest BCUT2D eigenvalue weighted by Gasteiger charge is -2.09. The predicted octanol–water partition coefficient (Wildman–Crippen LogP) is 3.90. The molecule has 0 bridgehead atoms. The van der Waals surface area contributed by atoms with Gasteiger partial charge in [0.2, 0.25) is 5.88 Å². The van der Waals surface area contributed by atoms with Crippen LogP contribution < -0.4 is 10.1 Å². The van der Waals surface area contributed by atoms with E-state index in [1.807, 2.05) is 48.0 Å².